The van der Waals surface area contributed by atoms with E-state index in [2.05, 4.69) is 32.2 Å². The van der Waals surface area contributed by atoms with Crippen molar-refractivity contribution in [3.8, 4) is 0 Å². The lowest BCUT2D eigenvalue weighted by atomic mass is 9.82. The molecular weight excluding hydrogens is 258 g/mol. The van der Waals surface area contributed by atoms with Crippen LogP contribution in [0.4, 0.5) is 0 Å². The fraction of sp³-hybridized carbons (Fsp3) is 0.625. The average Bonchev–Trinajstić information content (AvgIpc) is 2.34. The summed E-state index contributed by atoms with van der Waals surface area (Å²) in [5, 5.41) is 4.21. The van der Waals surface area contributed by atoms with Gasteiger partial charge in [-0.1, -0.05) is 50.6 Å². The molecular formula is C16H26ClNO. The summed E-state index contributed by atoms with van der Waals surface area (Å²) in [5.41, 5.74) is 1.25. The Morgan fingerprint density at radius 2 is 1.89 bits per heavy atom. The van der Waals surface area contributed by atoms with Crippen LogP contribution in [0.15, 0.2) is 24.3 Å². The molecule has 0 aromatic heterocycles. The van der Waals surface area contributed by atoms with Gasteiger partial charge in [0.05, 0.1) is 6.10 Å². The van der Waals surface area contributed by atoms with E-state index in [-0.39, 0.29) is 17.6 Å². The molecule has 0 aliphatic rings. The molecule has 0 heterocycles. The van der Waals surface area contributed by atoms with Crippen molar-refractivity contribution in [1.29, 1.82) is 0 Å². The van der Waals surface area contributed by atoms with Crippen molar-refractivity contribution in [2.75, 3.05) is 13.7 Å². The number of halogens is 1. The van der Waals surface area contributed by atoms with Gasteiger partial charge < -0.3 is 10.1 Å². The molecule has 1 rings (SSSR count). The second-order valence-electron chi connectivity index (χ2n) is 5.93. The Balaban J connectivity index is 2.89. The third-order valence-corrected chi connectivity index (χ3v) is 3.70. The van der Waals surface area contributed by atoms with Gasteiger partial charge in [-0.3, -0.25) is 0 Å². The molecule has 1 aromatic carbocycles. The van der Waals surface area contributed by atoms with Gasteiger partial charge in [-0.25, -0.2) is 0 Å². The van der Waals surface area contributed by atoms with E-state index in [4.69, 9.17) is 16.3 Å². The normalized spacial score (nSPS) is 15.3. The number of rotatable bonds is 6. The molecule has 0 fully saturated rings. The first-order chi connectivity index (χ1) is 8.90. The van der Waals surface area contributed by atoms with Crippen LogP contribution in [0.1, 0.15) is 33.3 Å². The van der Waals surface area contributed by atoms with Gasteiger partial charge in [-0.05, 0) is 37.4 Å². The van der Waals surface area contributed by atoms with Crippen LogP contribution in [0.3, 0.4) is 0 Å². The van der Waals surface area contributed by atoms with Crippen LogP contribution in [0.2, 0.25) is 5.02 Å². The zero-order valence-electron chi connectivity index (χ0n) is 12.7. The van der Waals surface area contributed by atoms with Gasteiger partial charge in [0.1, 0.15) is 0 Å². The van der Waals surface area contributed by atoms with Gasteiger partial charge in [-0.15, -0.1) is 0 Å². The van der Waals surface area contributed by atoms with Gasteiger partial charge in [-0.2, -0.15) is 0 Å². The molecule has 0 spiro atoms. The lowest BCUT2D eigenvalue weighted by Crippen LogP contribution is -2.48. The minimum Gasteiger partial charge on any atom is -0.376 e. The standard InChI is InChI=1S/C16H26ClNO/c1-6-19-15(16(2,3)4)14(18-5)11-12-9-7-8-10-13(12)17/h7-10,14-15,18H,6,11H2,1-5H3. The molecule has 0 bridgehead atoms. The van der Waals surface area contributed by atoms with Crippen molar-refractivity contribution >= 4 is 11.6 Å². The minimum atomic E-state index is 0.0882. The van der Waals surface area contributed by atoms with Crippen LogP contribution in [-0.4, -0.2) is 25.8 Å². The van der Waals surface area contributed by atoms with Gasteiger partial charge in [0.15, 0.2) is 0 Å². The molecule has 0 amide bonds. The second kappa shape index (κ2) is 7.28. The Labute approximate surface area is 122 Å². The molecule has 0 aliphatic heterocycles. The minimum absolute atomic E-state index is 0.0882. The Morgan fingerprint density at radius 3 is 2.37 bits per heavy atom. The lowest BCUT2D eigenvalue weighted by Gasteiger charge is -2.37. The van der Waals surface area contributed by atoms with Crippen molar-refractivity contribution in [3.05, 3.63) is 34.9 Å². The predicted octanol–water partition coefficient (Wildman–Crippen LogP) is 3.92. The van der Waals surface area contributed by atoms with Crippen LogP contribution >= 0.6 is 11.6 Å². The van der Waals surface area contributed by atoms with Crippen LogP contribution in [0.5, 0.6) is 0 Å². The molecule has 0 saturated heterocycles. The molecule has 2 unspecified atom stereocenters. The largest absolute Gasteiger partial charge is 0.376 e. The van der Waals surface area contributed by atoms with E-state index in [0.717, 1.165) is 23.6 Å². The Bertz CT molecular complexity index is 387. The zero-order valence-corrected chi connectivity index (χ0v) is 13.4. The molecule has 2 atom stereocenters. The quantitative estimate of drug-likeness (QED) is 0.854. The van der Waals surface area contributed by atoms with E-state index in [1.807, 2.05) is 32.2 Å². The van der Waals surface area contributed by atoms with Crippen LogP contribution in [0, 0.1) is 5.41 Å². The predicted molar refractivity (Wildman–Crippen MR) is 82.9 cm³/mol. The van der Waals surface area contributed by atoms with Crippen molar-refractivity contribution in [3.63, 3.8) is 0 Å². The Hall–Kier alpha value is -0.570. The third-order valence-electron chi connectivity index (χ3n) is 3.33. The molecule has 2 nitrogen and oxygen atoms in total. The number of likely N-dealkylation sites (N-methyl/N-ethyl adjacent to an activating group) is 1. The van der Waals surface area contributed by atoms with Crippen LogP contribution in [-0.2, 0) is 11.2 Å². The third kappa shape index (κ3) is 4.79. The lowest BCUT2D eigenvalue weighted by molar-refractivity contribution is -0.0340. The SMILES string of the molecule is CCOC(C(Cc1ccccc1Cl)NC)C(C)(C)C. The summed E-state index contributed by atoms with van der Waals surface area (Å²) < 4.78 is 5.97. The van der Waals surface area contributed by atoms with Crippen molar-refractivity contribution in [2.45, 2.75) is 46.3 Å². The number of ether oxygens (including phenoxy) is 1. The Kier molecular flexibility index (Phi) is 6.31. The molecule has 3 heteroatoms. The van der Waals surface area contributed by atoms with E-state index >= 15 is 0 Å². The maximum atomic E-state index is 6.25. The van der Waals surface area contributed by atoms with E-state index in [0.29, 0.717) is 0 Å². The number of benzene rings is 1. The molecule has 1 aromatic rings. The number of nitrogens with one attached hydrogen (secondary N) is 1. The van der Waals surface area contributed by atoms with Crippen LogP contribution in [0.25, 0.3) is 0 Å². The van der Waals surface area contributed by atoms with E-state index in [9.17, 15) is 0 Å². The highest BCUT2D eigenvalue weighted by Crippen LogP contribution is 2.28. The molecule has 0 radical (unpaired) electrons. The summed E-state index contributed by atoms with van der Waals surface area (Å²) in [4.78, 5) is 0. The van der Waals surface area contributed by atoms with Gasteiger partial charge in [0.25, 0.3) is 0 Å². The molecule has 19 heavy (non-hydrogen) atoms. The smallest absolute Gasteiger partial charge is 0.0779 e. The first-order valence-electron chi connectivity index (χ1n) is 6.92. The number of hydrogen-bond donors (Lipinski definition) is 1. The maximum absolute atomic E-state index is 6.25. The molecule has 0 saturated carbocycles. The fourth-order valence-electron chi connectivity index (χ4n) is 2.41. The summed E-state index contributed by atoms with van der Waals surface area (Å²) in [6.07, 6.45) is 1.02. The maximum Gasteiger partial charge on any atom is 0.0779 e. The van der Waals surface area contributed by atoms with Crippen molar-refractivity contribution in [2.24, 2.45) is 5.41 Å². The molecule has 108 valence electrons. The Morgan fingerprint density at radius 1 is 1.26 bits per heavy atom. The van der Waals surface area contributed by atoms with Crippen LogP contribution < -0.4 is 5.32 Å². The van der Waals surface area contributed by atoms with E-state index in [1.165, 1.54) is 0 Å². The van der Waals surface area contributed by atoms with Crippen molar-refractivity contribution < 1.29 is 4.74 Å². The fourth-order valence-corrected chi connectivity index (χ4v) is 2.62. The summed E-state index contributed by atoms with van der Waals surface area (Å²) >= 11 is 6.25. The average molecular weight is 284 g/mol. The second-order valence-corrected chi connectivity index (χ2v) is 6.34. The van der Waals surface area contributed by atoms with Gasteiger partial charge in [0, 0.05) is 17.7 Å². The molecule has 1 N–H and O–H groups in total. The topological polar surface area (TPSA) is 21.3 Å². The summed E-state index contributed by atoms with van der Waals surface area (Å²) in [7, 11) is 1.99. The van der Waals surface area contributed by atoms with E-state index < -0.39 is 0 Å². The molecule has 0 aliphatic carbocycles. The highest BCUT2D eigenvalue weighted by atomic mass is 35.5. The van der Waals surface area contributed by atoms with Gasteiger partial charge >= 0.3 is 0 Å². The monoisotopic (exact) mass is 283 g/mol. The highest BCUT2D eigenvalue weighted by Gasteiger charge is 2.32. The highest BCUT2D eigenvalue weighted by molar-refractivity contribution is 6.31. The van der Waals surface area contributed by atoms with Crippen molar-refractivity contribution in [1.82, 2.24) is 5.32 Å². The summed E-state index contributed by atoms with van der Waals surface area (Å²) in [5.74, 6) is 0. The van der Waals surface area contributed by atoms with Gasteiger partial charge in [0.2, 0.25) is 0 Å². The number of hydrogen-bond acceptors (Lipinski definition) is 2. The summed E-state index contributed by atoms with van der Waals surface area (Å²) in [6.45, 7) is 9.41. The zero-order chi connectivity index (χ0) is 14.5. The van der Waals surface area contributed by atoms with E-state index in [1.54, 1.807) is 0 Å². The summed E-state index contributed by atoms with van der Waals surface area (Å²) in [6, 6.07) is 8.26. The first kappa shape index (κ1) is 16.5. The first-order valence-corrected chi connectivity index (χ1v) is 7.30.